The molecule has 0 spiro atoms. The van der Waals surface area contributed by atoms with Gasteiger partial charge in [0.2, 0.25) is 0 Å². The third-order valence-electron chi connectivity index (χ3n) is 2.27. The van der Waals surface area contributed by atoms with Crippen molar-refractivity contribution in [1.82, 2.24) is 5.32 Å². The molecule has 0 radical (unpaired) electrons. The first-order chi connectivity index (χ1) is 6.27. The molecule has 1 atom stereocenters. The molecule has 1 aliphatic rings. The normalized spacial score (nSPS) is 22.3. The number of ether oxygens (including phenoxy) is 1. The van der Waals surface area contributed by atoms with Gasteiger partial charge in [-0.25, -0.2) is 4.79 Å². The molecular formula is C10H17NO2. The first-order valence-corrected chi connectivity index (χ1v) is 4.83. The highest BCUT2D eigenvalue weighted by Gasteiger charge is 2.17. The highest BCUT2D eigenvalue weighted by atomic mass is 16.5. The molecule has 0 aromatic carbocycles. The summed E-state index contributed by atoms with van der Waals surface area (Å²) in [6.45, 7) is 2.29. The van der Waals surface area contributed by atoms with Crippen LogP contribution in [0.25, 0.3) is 0 Å². The Kier molecular flexibility index (Phi) is 3.96. The Hall–Kier alpha value is -0.830. The number of hydrogen-bond acceptors (Lipinski definition) is 3. The molecule has 1 unspecified atom stereocenters. The molecule has 1 N–H and O–H groups in total. The van der Waals surface area contributed by atoms with Crippen molar-refractivity contribution >= 4 is 5.97 Å². The molecule has 0 saturated heterocycles. The largest absolute Gasteiger partial charge is 0.463 e. The predicted molar refractivity (Wildman–Crippen MR) is 51.4 cm³/mol. The van der Waals surface area contributed by atoms with Crippen LogP contribution in [0, 0.1) is 0 Å². The summed E-state index contributed by atoms with van der Waals surface area (Å²) in [4.78, 5) is 11.3. The van der Waals surface area contributed by atoms with E-state index >= 15 is 0 Å². The maximum Gasteiger partial charge on any atom is 0.333 e. The van der Waals surface area contributed by atoms with Crippen molar-refractivity contribution in [1.29, 1.82) is 0 Å². The minimum absolute atomic E-state index is 0.151. The van der Waals surface area contributed by atoms with Crippen molar-refractivity contribution in [3.8, 4) is 0 Å². The molecule has 0 aliphatic heterocycles. The molecule has 0 amide bonds. The van der Waals surface area contributed by atoms with Gasteiger partial charge in [0, 0.05) is 11.6 Å². The molecule has 0 heterocycles. The molecule has 3 nitrogen and oxygen atoms in total. The molecule has 0 fully saturated rings. The third-order valence-corrected chi connectivity index (χ3v) is 2.27. The summed E-state index contributed by atoms with van der Waals surface area (Å²) in [5, 5.41) is 3.15. The monoisotopic (exact) mass is 183 g/mol. The number of carbonyl (C=O) groups excluding carboxylic acids is 1. The molecule has 74 valence electrons. The first-order valence-electron chi connectivity index (χ1n) is 4.83. The number of hydrogen-bond donors (Lipinski definition) is 1. The standard InChI is InChI=1S/C10H17NO2/c1-3-13-10(12)8-5-4-6-9(7-8)11-2/h7,9,11H,3-6H2,1-2H3. The number of rotatable bonds is 3. The lowest BCUT2D eigenvalue weighted by Gasteiger charge is -2.19. The van der Waals surface area contributed by atoms with Gasteiger partial charge in [0.1, 0.15) is 0 Å². The molecule has 1 aliphatic carbocycles. The van der Waals surface area contributed by atoms with Crippen molar-refractivity contribution in [2.24, 2.45) is 0 Å². The Bertz CT molecular complexity index is 211. The van der Waals surface area contributed by atoms with Crippen LogP contribution in [0.3, 0.4) is 0 Å². The molecule has 1 rings (SSSR count). The first kappa shape index (κ1) is 10.3. The summed E-state index contributed by atoms with van der Waals surface area (Å²) in [6, 6.07) is 0.341. The van der Waals surface area contributed by atoms with Crippen LogP contribution in [0.5, 0.6) is 0 Å². The van der Waals surface area contributed by atoms with E-state index in [1.807, 2.05) is 20.0 Å². The lowest BCUT2D eigenvalue weighted by molar-refractivity contribution is -0.138. The molecular weight excluding hydrogens is 166 g/mol. The van der Waals surface area contributed by atoms with Crippen LogP contribution in [0.1, 0.15) is 26.2 Å². The van der Waals surface area contributed by atoms with Gasteiger partial charge in [0.05, 0.1) is 6.61 Å². The van der Waals surface area contributed by atoms with Crippen LogP contribution in [0.2, 0.25) is 0 Å². The zero-order valence-corrected chi connectivity index (χ0v) is 8.30. The predicted octanol–water partition coefficient (Wildman–Crippen LogP) is 1.25. The van der Waals surface area contributed by atoms with Crippen molar-refractivity contribution in [2.75, 3.05) is 13.7 Å². The number of carbonyl (C=O) groups is 1. The second kappa shape index (κ2) is 5.02. The van der Waals surface area contributed by atoms with Gasteiger partial charge in [0.25, 0.3) is 0 Å². The van der Waals surface area contributed by atoms with E-state index in [1.165, 1.54) is 0 Å². The SMILES string of the molecule is CCOC(=O)C1=CC(NC)CCC1. The zero-order chi connectivity index (χ0) is 9.68. The summed E-state index contributed by atoms with van der Waals surface area (Å²) in [5.74, 6) is -0.151. The summed E-state index contributed by atoms with van der Waals surface area (Å²) in [5.41, 5.74) is 0.826. The summed E-state index contributed by atoms with van der Waals surface area (Å²) >= 11 is 0. The van der Waals surface area contributed by atoms with Gasteiger partial charge in [-0.2, -0.15) is 0 Å². The van der Waals surface area contributed by atoms with E-state index in [4.69, 9.17) is 4.74 Å². The molecule has 0 aromatic rings. The maximum atomic E-state index is 11.3. The summed E-state index contributed by atoms with van der Waals surface area (Å²) < 4.78 is 4.94. The van der Waals surface area contributed by atoms with E-state index < -0.39 is 0 Å². The third kappa shape index (κ3) is 2.84. The fraction of sp³-hybridized carbons (Fsp3) is 0.700. The topological polar surface area (TPSA) is 38.3 Å². The minimum Gasteiger partial charge on any atom is -0.463 e. The van der Waals surface area contributed by atoms with Crippen LogP contribution in [0.4, 0.5) is 0 Å². The van der Waals surface area contributed by atoms with E-state index in [9.17, 15) is 4.79 Å². The Balaban J connectivity index is 2.57. The van der Waals surface area contributed by atoms with E-state index in [-0.39, 0.29) is 5.97 Å². The van der Waals surface area contributed by atoms with Crippen molar-refractivity contribution in [2.45, 2.75) is 32.2 Å². The average Bonchev–Trinajstić information content (AvgIpc) is 2.18. The van der Waals surface area contributed by atoms with Crippen LogP contribution >= 0.6 is 0 Å². The van der Waals surface area contributed by atoms with E-state index in [0.29, 0.717) is 12.6 Å². The van der Waals surface area contributed by atoms with Crippen LogP contribution in [0.15, 0.2) is 11.6 Å². The molecule has 0 aromatic heterocycles. The Morgan fingerprint density at radius 3 is 3.15 bits per heavy atom. The average molecular weight is 183 g/mol. The van der Waals surface area contributed by atoms with Crippen molar-refractivity contribution < 1.29 is 9.53 Å². The minimum atomic E-state index is -0.151. The second-order valence-corrected chi connectivity index (χ2v) is 3.20. The Morgan fingerprint density at radius 2 is 2.54 bits per heavy atom. The van der Waals surface area contributed by atoms with E-state index in [2.05, 4.69) is 5.32 Å². The maximum absolute atomic E-state index is 11.3. The van der Waals surface area contributed by atoms with Gasteiger partial charge < -0.3 is 10.1 Å². The van der Waals surface area contributed by atoms with Crippen molar-refractivity contribution in [3.05, 3.63) is 11.6 Å². The summed E-state index contributed by atoms with van der Waals surface area (Å²) in [7, 11) is 1.91. The number of nitrogens with one attached hydrogen (secondary N) is 1. The fourth-order valence-corrected chi connectivity index (χ4v) is 1.54. The number of likely N-dealkylation sites (N-methyl/N-ethyl adjacent to an activating group) is 1. The molecule has 13 heavy (non-hydrogen) atoms. The number of esters is 1. The lowest BCUT2D eigenvalue weighted by Crippen LogP contribution is -2.27. The summed E-state index contributed by atoms with van der Waals surface area (Å²) in [6.07, 6.45) is 5.02. The van der Waals surface area contributed by atoms with Gasteiger partial charge in [-0.1, -0.05) is 6.08 Å². The zero-order valence-electron chi connectivity index (χ0n) is 8.30. The van der Waals surface area contributed by atoms with Crippen LogP contribution < -0.4 is 5.32 Å². The van der Waals surface area contributed by atoms with Gasteiger partial charge in [-0.05, 0) is 33.2 Å². The molecule has 0 saturated carbocycles. The van der Waals surface area contributed by atoms with E-state index in [0.717, 1.165) is 24.8 Å². The second-order valence-electron chi connectivity index (χ2n) is 3.20. The quantitative estimate of drug-likeness (QED) is 0.669. The highest BCUT2D eigenvalue weighted by Crippen LogP contribution is 2.18. The van der Waals surface area contributed by atoms with Crippen LogP contribution in [-0.4, -0.2) is 25.7 Å². The van der Waals surface area contributed by atoms with Gasteiger partial charge in [-0.3, -0.25) is 0 Å². The lowest BCUT2D eigenvalue weighted by atomic mass is 9.96. The molecule has 0 bridgehead atoms. The van der Waals surface area contributed by atoms with Crippen molar-refractivity contribution in [3.63, 3.8) is 0 Å². The van der Waals surface area contributed by atoms with Gasteiger partial charge >= 0.3 is 5.97 Å². The Morgan fingerprint density at radius 1 is 1.77 bits per heavy atom. The molecule has 3 heteroatoms. The Labute approximate surface area is 79.2 Å². The smallest absolute Gasteiger partial charge is 0.333 e. The fourth-order valence-electron chi connectivity index (χ4n) is 1.54. The highest BCUT2D eigenvalue weighted by molar-refractivity contribution is 5.88. The van der Waals surface area contributed by atoms with Crippen LogP contribution in [-0.2, 0) is 9.53 Å². The van der Waals surface area contributed by atoms with Gasteiger partial charge in [-0.15, -0.1) is 0 Å². The van der Waals surface area contributed by atoms with E-state index in [1.54, 1.807) is 0 Å². The van der Waals surface area contributed by atoms with Gasteiger partial charge in [0.15, 0.2) is 0 Å².